The number of hydrogen-bond donors (Lipinski definition) is 1. The van der Waals surface area contributed by atoms with Crippen LogP contribution in [-0.2, 0) is 0 Å². The van der Waals surface area contributed by atoms with E-state index in [2.05, 4.69) is 32.3 Å². The maximum absolute atomic E-state index is 5.47. The minimum atomic E-state index is 0.574. The molecular weight excluding hydrogens is 356 g/mol. The maximum atomic E-state index is 5.47. The number of nitrogens with one attached hydrogen (secondary N) is 1. The van der Waals surface area contributed by atoms with Crippen molar-refractivity contribution in [2.45, 2.75) is 25.3 Å². The van der Waals surface area contributed by atoms with Crippen molar-refractivity contribution in [1.29, 1.82) is 0 Å². The highest BCUT2D eigenvalue weighted by atomic mass is 16.5. The van der Waals surface area contributed by atoms with Crippen LogP contribution in [0.1, 0.15) is 19.3 Å². The number of anilines is 1. The molecule has 1 aliphatic rings. The predicted molar refractivity (Wildman–Crippen MR) is 108 cm³/mol. The minimum Gasteiger partial charge on any atom is -0.493 e. The molecule has 3 heterocycles. The Morgan fingerprint density at radius 2 is 2.04 bits per heavy atom. The Bertz CT molecular complexity index is 957. The van der Waals surface area contributed by atoms with Crippen LogP contribution in [0.25, 0.3) is 16.9 Å². The maximum Gasteiger partial charge on any atom is 0.254 e. The summed E-state index contributed by atoms with van der Waals surface area (Å²) in [6.45, 7) is 2.04. The number of likely N-dealkylation sites (tertiary alicyclic amines) is 1. The Balaban J connectivity index is 1.65. The SMILES string of the molecule is COc1ccc(-c2cnc3ncnn3c2NCCC2CCCN2C)cc1OC. The molecule has 1 unspecified atom stereocenters. The summed E-state index contributed by atoms with van der Waals surface area (Å²) >= 11 is 0. The van der Waals surface area contributed by atoms with Crippen molar-refractivity contribution in [2.75, 3.05) is 39.7 Å². The summed E-state index contributed by atoms with van der Waals surface area (Å²) in [5.74, 6) is 2.83. The number of benzene rings is 1. The van der Waals surface area contributed by atoms with Crippen LogP contribution >= 0.6 is 0 Å². The van der Waals surface area contributed by atoms with Crippen molar-refractivity contribution in [3.8, 4) is 22.6 Å². The zero-order valence-electron chi connectivity index (χ0n) is 16.6. The zero-order valence-corrected chi connectivity index (χ0v) is 16.6. The Labute approximate surface area is 164 Å². The fourth-order valence-corrected chi connectivity index (χ4v) is 3.87. The first-order chi connectivity index (χ1) is 13.7. The summed E-state index contributed by atoms with van der Waals surface area (Å²) < 4.78 is 12.6. The van der Waals surface area contributed by atoms with Gasteiger partial charge in [0, 0.05) is 24.3 Å². The van der Waals surface area contributed by atoms with Gasteiger partial charge in [-0.05, 0) is 50.6 Å². The first kappa shape index (κ1) is 18.5. The van der Waals surface area contributed by atoms with Crippen molar-refractivity contribution in [3.05, 3.63) is 30.7 Å². The van der Waals surface area contributed by atoms with E-state index in [0.29, 0.717) is 23.3 Å². The zero-order chi connectivity index (χ0) is 19.5. The van der Waals surface area contributed by atoms with Crippen LogP contribution in [0.3, 0.4) is 0 Å². The number of hydrogen-bond acceptors (Lipinski definition) is 7. The first-order valence-corrected chi connectivity index (χ1v) is 9.56. The number of aromatic nitrogens is 4. The molecule has 0 saturated carbocycles. The van der Waals surface area contributed by atoms with Gasteiger partial charge in [0.25, 0.3) is 5.78 Å². The molecular formula is C20H26N6O2. The summed E-state index contributed by atoms with van der Waals surface area (Å²) in [5.41, 5.74) is 1.92. The lowest BCUT2D eigenvalue weighted by Gasteiger charge is -2.20. The third-order valence-corrected chi connectivity index (χ3v) is 5.44. The monoisotopic (exact) mass is 382 g/mol. The number of fused-ring (bicyclic) bond motifs is 1. The van der Waals surface area contributed by atoms with E-state index in [1.807, 2.05) is 24.4 Å². The van der Waals surface area contributed by atoms with Crippen molar-refractivity contribution in [2.24, 2.45) is 0 Å². The second kappa shape index (κ2) is 8.02. The molecule has 0 spiro atoms. The predicted octanol–water partition coefficient (Wildman–Crippen LogP) is 2.70. The second-order valence-electron chi connectivity index (χ2n) is 7.05. The second-order valence-corrected chi connectivity index (χ2v) is 7.05. The van der Waals surface area contributed by atoms with Crippen molar-refractivity contribution >= 4 is 11.6 Å². The Morgan fingerprint density at radius 1 is 1.18 bits per heavy atom. The molecule has 8 nitrogen and oxygen atoms in total. The molecule has 1 aromatic carbocycles. The Morgan fingerprint density at radius 3 is 2.79 bits per heavy atom. The number of nitrogens with zero attached hydrogens (tertiary/aromatic N) is 5. The molecule has 1 N–H and O–H groups in total. The molecule has 1 atom stereocenters. The van der Waals surface area contributed by atoms with Gasteiger partial charge in [-0.1, -0.05) is 6.07 Å². The van der Waals surface area contributed by atoms with E-state index < -0.39 is 0 Å². The van der Waals surface area contributed by atoms with Crippen LogP contribution in [0.4, 0.5) is 5.82 Å². The summed E-state index contributed by atoms with van der Waals surface area (Å²) in [5, 5.41) is 7.94. The van der Waals surface area contributed by atoms with Crippen molar-refractivity contribution in [3.63, 3.8) is 0 Å². The minimum absolute atomic E-state index is 0.574. The molecule has 3 aromatic rings. The van der Waals surface area contributed by atoms with E-state index in [1.165, 1.54) is 25.7 Å². The van der Waals surface area contributed by atoms with Gasteiger partial charge in [-0.25, -0.2) is 4.98 Å². The van der Waals surface area contributed by atoms with Crippen LogP contribution in [0, 0.1) is 0 Å². The van der Waals surface area contributed by atoms with Gasteiger partial charge in [-0.15, -0.1) is 0 Å². The quantitative estimate of drug-likeness (QED) is 0.673. The van der Waals surface area contributed by atoms with Crippen LogP contribution in [-0.4, -0.2) is 64.9 Å². The van der Waals surface area contributed by atoms with Gasteiger partial charge in [0.1, 0.15) is 12.1 Å². The lowest BCUT2D eigenvalue weighted by Crippen LogP contribution is -2.27. The molecule has 2 aromatic heterocycles. The number of methoxy groups -OCH3 is 2. The van der Waals surface area contributed by atoms with Crippen LogP contribution in [0.5, 0.6) is 11.5 Å². The largest absolute Gasteiger partial charge is 0.493 e. The summed E-state index contributed by atoms with van der Waals surface area (Å²) in [6.07, 6.45) is 6.97. The highest BCUT2D eigenvalue weighted by Crippen LogP contribution is 2.35. The first-order valence-electron chi connectivity index (χ1n) is 9.56. The van der Waals surface area contributed by atoms with Crippen LogP contribution in [0.15, 0.2) is 30.7 Å². The van der Waals surface area contributed by atoms with Crippen LogP contribution < -0.4 is 14.8 Å². The molecule has 148 valence electrons. The average molecular weight is 382 g/mol. The van der Waals surface area contributed by atoms with Gasteiger partial charge in [0.05, 0.1) is 14.2 Å². The Hall–Kier alpha value is -2.87. The molecule has 0 aliphatic carbocycles. The molecule has 0 amide bonds. The van der Waals surface area contributed by atoms with Crippen molar-refractivity contribution in [1.82, 2.24) is 24.5 Å². The molecule has 4 rings (SSSR count). The fourth-order valence-electron chi connectivity index (χ4n) is 3.87. The third kappa shape index (κ3) is 3.47. The van der Waals surface area contributed by atoms with Gasteiger partial charge in [0.2, 0.25) is 0 Å². The topological polar surface area (TPSA) is 76.8 Å². The van der Waals surface area contributed by atoms with Gasteiger partial charge >= 0.3 is 0 Å². The molecule has 0 radical (unpaired) electrons. The van der Waals surface area contributed by atoms with Gasteiger partial charge in [-0.3, -0.25) is 0 Å². The lowest BCUT2D eigenvalue weighted by atomic mass is 10.1. The number of rotatable bonds is 7. The van der Waals surface area contributed by atoms with E-state index in [0.717, 1.165) is 29.9 Å². The standard InChI is InChI=1S/C20H26N6O2/c1-25-10-4-5-15(25)8-9-21-19-16(12-22-20-23-13-24-26(19)20)14-6-7-17(27-2)18(11-14)28-3/h6-7,11-13,15,21H,4-5,8-10H2,1-3H3. The van der Waals surface area contributed by atoms with Crippen LogP contribution in [0.2, 0.25) is 0 Å². The molecule has 0 bridgehead atoms. The Kier molecular flexibility index (Phi) is 5.29. The van der Waals surface area contributed by atoms with E-state index in [1.54, 1.807) is 18.7 Å². The normalized spacial score (nSPS) is 17.2. The van der Waals surface area contributed by atoms with E-state index in [-0.39, 0.29) is 0 Å². The highest BCUT2D eigenvalue weighted by Gasteiger charge is 2.21. The molecule has 1 aliphatic heterocycles. The van der Waals surface area contributed by atoms with E-state index in [9.17, 15) is 0 Å². The smallest absolute Gasteiger partial charge is 0.254 e. The highest BCUT2D eigenvalue weighted by molar-refractivity contribution is 5.77. The summed E-state index contributed by atoms with van der Waals surface area (Å²) in [6, 6.07) is 6.48. The van der Waals surface area contributed by atoms with Crippen molar-refractivity contribution < 1.29 is 9.47 Å². The summed E-state index contributed by atoms with van der Waals surface area (Å²) in [7, 11) is 5.47. The van der Waals surface area contributed by atoms with Gasteiger partial charge in [-0.2, -0.15) is 14.6 Å². The fraction of sp³-hybridized carbons (Fsp3) is 0.450. The van der Waals surface area contributed by atoms with E-state index >= 15 is 0 Å². The van der Waals surface area contributed by atoms with Gasteiger partial charge < -0.3 is 19.7 Å². The molecule has 1 fully saturated rings. The third-order valence-electron chi connectivity index (χ3n) is 5.44. The lowest BCUT2D eigenvalue weighted by molar-refractivity contribution is 0.301. The molecule has 1 saturated heterocycles. The average Bonchev–Trinajstić information content (AvgIpc) is 3.36. The van der Waals surface area contributed by atoms with Gasteiger partial charge in [0.15, 0.2) is 11.5 Å². The van der Waals surface area contributed by atoms with E-state index in [4.69, 9.17) is 9.47 Å². The number of ether oxygens (including phenoxy) is 2. The molecule has 8 heteroatoms. The molecule has 28 heavy (non-hydrogen) atoms. The summed E-state index contributed by atoms with van der Waals surface area (Å²) in [4.78, 5) is 11.1.